The highest BCUT2D eigenvalue weighted by atomic mass is 16.3. The van der Waals surface area contributed by atoms with Gasteiger partial charge in [0, 0.05) is 26.7 Å². The molecule has 2 heterocycles. The molecule has 0 radical (unpaired) electrons. The third kappa shape index (κ3) is 5.17. The number of carbonyl (C=O) groups is 1. The van der Waals surface area contributed by atoms with Crippen LogP contribution in [0.1, 0.15) is 54.2 Å². The predicted octanol–water partition coefficient (Wildman–Crippen LogP) is 2.17. The fourth-order valence-electron chi connectivity index (χ4n) is 3.73. The van der Waals surface area contributed by atoms with E-state index in [0.29, 0.717) is 24.2 Å². The van der Waals surface area contributed by atoms with E-state index >= 15 is 0 Å². The fraction of sp³-hybridized carbons (Fsp3) is 0.571. The third-order valence-corrected chi connectivity index (χ3v) is 5.69. The zero-order valence-electron chi connectivity index (χ0n) is 16.9. The SMILES string of the molecule is CC(CCN1CCC(n2cc(C(=O)N(C)CCO)nn2)CC1)c1ccccc1. The summed E-state index contributed by atoms with van der Waals surface area (Å²) in [6.07, 6.45) is 4.94. The molecule has 152 valence electrons. The Labute approximate surface area is 166 Å². The van der Waals surface area contributed by atoms with Gasteiger partial charge >= 0.3 is 0 Å². The summed E-state index contributed by atoms with van der Waals surface area (Å²) in [5, 5.41) is 17.2. The van der Waals surface area contributed by atoms with Crippen LogP contribution in [0.15, 0.2) is 36.5 Å². The van der Waals surface area contributed by atoms with E-state index in [9.17, 15) is 4.79 Å². The molecule has 0 aliphatic carbocycles. The highest BCUT2D eigenvalue weighted by molar-refractivity contribution is 5.91. The number of piperidine rings is 1. The van der Waals surface area contributed by atoms with E-state index in [-0.39, 0.29) is 12.5 Å². The first-order valence-electron chi connectivity index (χ1n) is 10.1. The number of aliphatic hydroxyl groups is 1. The Morgan fingerprint density at radius 1 is 1.29 bits per heavy atom. The largest absolute Gasteiger partial charge is 0.395 e. The molecule has 1 amide bonds. The summed E-state index contributed by atoms with van der Waals surface area (Å²) < 4.78 is 1.84. The highest BCUT2D eigenvalue weighted by Crippen LogP contribution is 2.24. The van der Waals surface area contributed by atoms with Gasteiger partial charge in [-0.3, -0.25) is 4.79 Å². The Morgan fingerprint density at radius 3 is 2.68 bits per heavy atom. The molecule has 1 atom stereocenters. The summed E-state index contributed by atoms with van der Waals surface area (Å²) in [7, 11) is 1.66. The van der Waals surface area contributed by atoms with Crippen molar-refractivity contribution < 1.29 is 9.90 Å². The van der Waals surface area contributed by atoms with Crippen molar-refractivity contribution in [3.05, 3.63) is 47.8 Å². The lowest BCUT2D eigenvalue weighted by atomic mass is 9.97. The van der Waals surface area contributed by atoms with Crippen LogP contribution in [-0.2, 0) is 0 Å². The van der Waals surface area contributed by atoms with Crippen LogP contribution in [0, 0.1) is 0 Å². The van der Waals surface area contributed by atoms with Crippen molar-refractivity contribution in [1.29, 1.82) is 0 Å². The minimum atomic E-state index is -0.201. The summed E-state index contributed by atoms with van der Waals surface area (Å²) in [4.78, 5) is 16.2. The normalized spacial score (nSPS) is 16.8. The van der Waals surface area contributed by atoms with Crippen LogP contribution >= 0.6 is 0 Å². The number of amides is 1. The number of likely N-dealkylation sites (tertiary alicyclic amines) is 1. The molecule has 0 saturated carbocycles. The molecule has 0 bridgehead atoms. The number of nitrogens with zero attached hydrogens (tertiary/aromatic N) is 5. The maximum Gasteiger partial charge on any atom is 0.275 e. The lowest BCUT2D eigenvalue weighted by Gasteiger charge is -2.32. The van der Waals surface area contributed by atoms with Crippen molar-refractivity contribution in [2.75, 3.05) is 39.8 Å². The highest BCUT2D eigenvalue weighted by Gasteiger charge is 2.23. The van der Waals surface area contributed by atoms with Crippen LogP contribution in [-0.4, -0.2) is 75.6 Å². The minimum Gasteiger partial charge on any atom is -0.395 e. The molecule has 2 aromatic rings. The molecule has 1 unspecified atom stereocenters. The summed E-state index contributed by atoms with van der Waals surface area (Å²) in [6.45, 7) is 5.72. The molecular weight excluding hydrogens is 354 g/mol. The fourth-order valence-corrected chi connectivity index (χ4v) is 3.73. The van der Waals surface area contributed by atoms with Crippen LogP contribution in [0.3, 0.4) is 0 Å². The molecule has 1 saturated heterocycles. The molecule has 7 heteroatoms. The molecular formula is C21H31N5O2. The Balaban J connectivity index is 1.46. The number of carbonyl (C=O) groups excluding carboxylic acids is 1. The lowest BCUT2D eigenvalue weighted by molar-refractivity contribution is 0.0761. The van der Waals surface area contributed by atoms with Gasteiger partial charge in [0.2, 0.25) is 0 Å². The van der Waals surface area contributed by atoms with Crippen LogP contribution in [0.2, 0.25) is 0 Å². The molecule has 1 fully saturated rings. The van der Waals surface area contributed by atoms with Crippen molar-refractivity contribution in [3.8, 4) is 0 Å². The van der Waals surface area contributed by atoms with Gasteiger partial charge in [0.25, 0.3) is 5.91 Å². The molecule has 1 aromatic carbocycles. The van der Waals surface area contributed by atoms with Crippen LogP contribution in [0.25, 0.3) is 0 Å². The van der Waals surface area contributed by atoms with Gasteiger partial charge in [0.1, 0.15) is 0 Å². The zero-order chi connectivity index (χ0) is 19.9. The molecule has 1 aromatic heterocycles. The molecule has 28 heavy (non-hydrogen) atoms. The monoisotopic (exact) mass is 385 g/mol. The van der Waals surface area contributed by atoms with Gasteiger partial charge < -0.3 is 14.9 Å². The van der Waals surface area contributed by atoms with Crippen LogP contribution in [0.5, 0.6) is 0 Å². The molecule has 1 N–H and O–H groups in total. The Bertz CT molecular complexity index is 740. The average Bonchev–Trinajstić information content (AvgIpc) is 3.23. The second kappa shape index (κ2) is 9.80. The van der Waals surface area contributed by atoms with E-state index in [1.54, 1.807) is 13.2 Å². The molecule has 1 aliphatic heterocycles. The first-order chi connectivity index (χ1) is 13.6. The summed E-state index contributed by atoms with van der Waals surface area (Å²) in [5.74, 6) is 0.367. The standard InChI is InChI=1S/C21H31N5O2/c1-17(18-6-4-3-5-7-18)8-11-25-12-9-19(10-13-25)26-16-20(22-23-26)21(28)24(2)14-15-27/h3-7,16-17,19,27H,8-15H2,1-2H3. The quantitative estimate of drug-likeness (QED) is 0.754. The van der Waals surface area contributed by atoms with Gasteiger partial charge in [-0.15, -0.1) is 5.10 Å². The predicted molar refractivity (Wildman–Crippen MR) is 108 cm³/mol. The molecule has 3 rings (SSSR count). The van der Waals surface area contributed by atoms with E-state index in [2.05, 4.69) is 52.5 Å². The summed E-state index contributed by atoms with van der Waals surface area (Å²) >= 11 is 0. The average molecular weight is 386 g/mol. The third-order valence-electron chi connectivity index (χ3n) is 5.69. The number of hydrogen-bond donors (Lipinski definition) is 1. The molecule has 0 spiro atoms. The maximum absolute atomic E-state index is 12.2. The van der Waals surface area contributed by atoms with Crippen LogP contribution in [0.4, 0.5) is 0 Å². The van der Waals surface area contributed by atoms with Crippen molar-refractivity contribution in [1.82, 2.24) is 24.8 Å². The van der Waals surface area contributed by atoms with E-state index in [4.69, 9.17) is 5.11 Å². The van der Waals surface area contributed by atoms with Gasteiger partial charge in [-0.05, 0) is 37.3 Å². The second-order valence-corrected chi connectivity index (χ2v) is 7.71. The van der Waals surface area contributed by atoms with Gasteiger partial charge in [0.05, 0.1) is 18.8 Å². The first kappa shape index (κ1) is 20.5. The van der Waals surface area contributed by atoms with Crippen molar-refractivity contribution in [3.63, 3.8) is 0 Å². The maximum atomic E-state index is 12.2. The van der Waals surface area contributed by atoms with Gasteiger partial charge in [-0.25, -0.2) is 4.68 Å². The smallest absolute Gasteiger partial charge is 0.275 e. The lowest BCUT2D eigenvalue weighted by Crippen LogP contribution is -2.35. The number of rotatable bonds is 8. The number of likely N-dealkylation sites (N-methyl/N-ethyl adjacent to an activating group) is 1. The van der Waals surface area contributed by atoms with Crippen LogP contribution < -0.4 is 0 Å². The van der Waals surface area contributed by atoms with E-state index < -0.39 is 0 Å². The summed E-state index contributed by atoms with van der Waals surface area (Å²) in [5.41, 5.74) is 1.75. The Kier molecular flexibility index (Phi) is 7.17. The number of aromatic nitrogens is 3. The van der Waals surface area contributed by atoms with Gasteiger partial charge in [-0.1, -0.05) is 42.5 Å². The minimum absolute atomic E-state index is 0.0578. The van der Waals surface area contributed by atoms with E-state index in [0.717, 1.165) is 38.9 Å². The number of aliphatic hydroxyl groups excluding tert-OH is 1. The Hall–Kier alpha value is -2.25. The zero-order valence-corrected chi connectivity index (χ0v) is 16.9. The van der Waals surface area contributed by atoms with Crippen molar-refractivity contribution in [2.45, 2.75) is 38.1 Å². The Morgan fingerprint density at radius 2 is 2.00 bits per heavy atom. The molecule has 7 nitrogen and oxygen atoms in total. The number of hydrogen-bond acceptors (Lipinski definition) is 5. The van der Waals surface area contributed by atoms with Crippen molar-refractivity contribution >= 4 is 5.91 Å². The second-order valence-electron chi connectivity index (χ2n) is 7.71. The first-order valence-corrected chi connectivity index (χ1v) is 10.1. The van der Waals surface area contributed by atoms with Crippen molar-refractivity contribution in [2.24, 2.45) is 0 Å². The van der Waals surface area contributed by atoms with Gasteiger partial charge in [-0.2, -0.15) is 0 Å². The topological polar surface area (TPSA) is 74.5 Å². The van der Waals surface area contributed by atoms with E-state index in [1.165, 1.54) is 10.5 Å². The summed E-state index contributed by atoms with van der Waals surface area (Å²) in [6, 6.07) is 11.0. The van der Waals surface area contributed by atoms with E-state index in [1.807, 2.05) is 4.68 Å². The molecule has 1 aliphatic rings. The van der Waals surface area contributed by atoms with Gasteiger partial charge in [0.15, 0.2) is 5.69 Å². The number of benzene rings is 1.